The zero-order valence-electron chi connectivity index (χ0n) is 43.7. The van der Waals surface area contributed by atoms with E-state index >= 15 is 0 Å². The summed E-state index contributed by atoms with van der Waals surface area (Å²) in [7, 11) is 2.61. The maximum absolute atomic E-state index is 13.9. The van der Waals surface area contributed by atoms with Gasteiger partial charge in [-0.3, -0.25) is 14.5 Å². The number of rotatable bonds is 15. The molecule has 3 aliphatic heterocycles. The predicted octanol–water partition coefficient (Wildman–Crippen LogP) is 8.91. The van der Waals surface area contributed by atoms with E-state index in [0.717, 1.165) is 108 Å². The van der Waals surface area contributed by atoms with Crippen LogP contribution in [-0.4, -0.2) is 130 Å². The highest BCUT2D eigenvalue weighted by Gasteiger charge is 2.39. The van der Waals surface area contributed by atoms with Crippen LogP contribution < -0.4 is 15.5 Å². The van der Waals surface area contributed by atoms with Gasteiger partial charge in [0, 0.05) is 51.0 Å². The number of piperazine rings is 1. The molecule has 386 valence electrons. The van der Waals surface area contributed by atoms with E-state index in [1.165, 1.54) is 31.0 Å². The van der Waals surface area contributed by atoms with Crippen molar-refractivity contribution in [3.63, 3.8) is 0 Å². The van der Waals surface area contributed by atoms with Gasteiger partial charge in [-0.05, 0) is 134 Å². The van der Waals surface area contributed by atoms with Crippen LogP contribution in [0.25, 0.3) is 33.2 Å². The molecule has 4 amide bonds. The topological polar surface area (TPSA) is 181 Å². The molecule has 9 rings (SSSR count). The van der Waals surface area contributed by atoms with Crippen LogP contribution in [0.5, 0.6) is 0 Å². The highest BCUT2D eigenvalue weighted by atomic mass is 16.5. The summed E-state index contributed by atoms with van der Waals surface area (Å²) >= 11 is 0. The third-order valence-electron chi connectivity index (χ3n) is 15.1. The fourth-order valence-electron chi connectivity index (χ4n) is 11.0. The van der Waals surface area contributed by atoms with E-state index in [1.54, 1.807) is 0 Å². The van der Waals surface area contributed by atoms with Gasteiger partial charge >= 0.3 is 12.2 Å². The first-order chi connectivity index (χ1) is 35.2. The van der Waals surface area contributed by atoms with Crippen LogP contribution in [0, 0.1) is 11.8 Å². The Kier molecular flexibility index (Phi) is 15.4. The number of aromatic nitrogens is 4. The van der Waals surface area contributed by atoms with Crippen LogP contribution >= 0.6 is 0 Å². The highest BCUT2D eigenvalue weighted by Crippen LogP contribution is 2.36. The second-order valence-electron chi connectivity index (χ2n) is 21.1. The van der Waals surface area contributed by atoms with E-state index in [1.807, 2.05) is 37.5 Å². The molecule has 4 unspecified atom stereocenters. The Hall–Kier alpha value is -6.94. The molecule has 4 N–H and O–H groups in total. The fourth-order valence-corrected chi connectivity index (χ4v) is 11.0. The molecule has 16 nitrogen and oxygen atoms in total. The van der Waals surface area contributed by atoms with Gasteiger partial charge in [-0.25, -0.2) is 19.6 Å². The van der Waals surface area contributed by atoms with Crippen LogP contribution in [0.15, 0.2) is 78.9 Å². The van der Waals surface area contributed by atoms with Crippen molar-refractivity contribution >= 4 is 51.8 Å². The second-order valence-corrected chi connectivity index (χ2v) is 21.1. The molecule has 16 heteroatoms. The van der Waals surface area contributed by atoms with Gasteiger partial charge in [0.05, 0.1) is 48.4 Å². The average molecular weight is 993 g/mol. The molecule has 0 saturated carbocycles. The molecule has 4 aromatic carbocycles. The molecule has 0 aliphatic carbocycles. The van der Waals surface area contributed by atoms with Crippen molar-refractivity contribution in [2.75, 3.05) is 58.4 Å². The number of amides is 4. The smallest absolute Gasteiger partial charge is 0.407 e. The summed E-state index contributed by atoms with van der Waals surface area (Å²) in [6, 6.07) is 27.4. The Morgan fingerprint density at radius 2 is 1.04 bits per heavy atom. The number of fused-ring (bicyclic) bond motifs is 2. The van der Waals surface area contributed by atoms with Gasteiger partial charge in [0.15, 0.2) is 0 Å². The molecule has 0 radical (unpaired) electrons. The summed E-state index contributed by atoms with van der Waals surface area (Å²) in [5.74, 6) is 0.983. The molecule has 3 aliphatic rings. The molecule has 2 aromatic heterocycles. The molecule has 6 aromatic rings. The normalized spacial score (nSPS) is 18.3. The molecule has 73 heavy (non-hydrogen) atoms. The third kappa shape index (κ3) is 11.3. The Balaban J connectivity index is 0.978. The number of anilines is 1. The van der Waals surface area contributed by atoms with Gasteiger partial charge in [-0.15, -0.1) is 0 Å². The summed E-state index contributed by atoms with van der Waals surface area (Å²) in [5, 5.41) is 5.49. The fraction of sp³-hybridized carbons (Fsp3) is 0.474. The molecular weight excluding hydrogens is 921 g/mol. The van der Waals surface area contributed by atoms with Crippen molar-refractivity contribution < 1.29 is 28.7 Å². The molecule has 4 atom stereocenters. The van der Waals surface area contributed by atoms with E-state index in [-0.39, 0.29) is 35.7 Å². The van der Waals surface area contributed by atoms with Gasteiger partial charge < -0.3 is 44.8 Å². The van der Waals surface area contributed by atoms with Crippen LogP contribution in [0.3, 0.4) is 0 Å². The SMILES string of the molecule is COC(=O)NC(C(=O)N1CCCC1c1nc2ccc(Cc3cc(Cc4ccc5nc(C6CCCN6C(=O)C(NC(=O)OC)C(C)C)[nH]c5c4)cc(-c4ccc(N5CCN(C(C)C)CC5)cc4)c3)cc2[nH]1)C(C)C. The minimum absolute atomic E-state index is 0.120. The lowest BCUT2D eigenvalue weighted by atomic mass is 9.93. The highest BCUT2D eigenvalue weighted by molar-refractivity contribution is 5.88. The lowest BCUT2D eigenvalue weighted by Gasteiger charge is -2.38. The molecule has 5 heterocycles. The number of hydrogen-bond acceptors (Lipinski definition) is 10. The second kappa shape index (κ2) is 22.0. The van der Waals surface area contributed by atoms with Crippen LogP contribution in [0.2, 0.25) is 0 Å². The van der Waals surface area contributed by atoms with E-state index in [4.69, 9.17) is 19.4 Å². The van der Waals surface area contributed by atoms with E-state index in [0.29, 0.717) is 32.0 Å². The molecule has 3 fully saturated rings. The lowest BCUT2D eigenvalue weighted by Crippen LogP contribution is -2.51. The molecular formula is C57H72N10O6. The summed E-state index contributed by atoms with van der Waals surface area (Å²) in [6.07, 6.45) is 3.38. The first kappa shape index (κ1) is 51.0. The largest absolute Gasteiger partial charge is 0.453 e. The third-order valence-corrected chi connectivity index (χ3v) is 15.1. The number of hydrogen-bond donors (Lipinski definition) is 4. The van der Waals surface area contributed by atoms with Gasteiger partial charge in [-0.2, -0.15) is 0 Å². The van der Waals surface area contributed by atoms with Gasteiger partial charge in [0.25, 0.3) is 0 Å². The number of likely N-dealkylation sites (tertiary alicyclic amines) is 2. The number of ether oxygens (including phenoxy) is 2. The van der Waals surface area contributed by atoms with Crippen molar-refractivity contribution in [3.05, 3.63) is 113 Å². The number of aromatic amines is 2. The summed E-state index contributed by atoms with van der Waals surface area (Å²) < 4.78 is 9.67. The maximum atomic E-state index is 13.9. The molecule has 0 spiro atoms. The summed E-state index contributed by atoms with van der Waals surface area (Å²) in [6.45, 7) is 17.5. The van der Waals surface area contributed by atoms with Crippen molar-refractivity contribution in [2.24, 2.45) is 11.8 Å². The Bertz CT molecular complexity index is 2780. The van der Waals surface area contributed by atoms with Gasteiger partial charge in [-0.1, -0.05) is 70.2 Å². The van der Waals surface area contributed by atoms with Crippen LogP contribution in [-0.2, 0) is 31.9 Å². The van der Waals surface area contributed by atoms with Gasteiger partial charge in [0.1, 0.15) is 23.7 Å². The number of carbonyl (C=O) groups is 4. The number of carbonyl (C=O) groups excluding carboxylic acids is 4. The number of benzene rings is 4. The minimum atomic E-state index is -0.705. The van der Waals surface area contributed by atoms with E-state index in [9.17, 15) is 19.2 Å². The average Bonchev–Trinajstić information content (AvgIpc) is 4.23. The molecule has 0 bridgehead atoms. The van der Waals surface area contributed by atoms with Crippen LogP contribution in [0.4, 0.5) is 15.3 Å². The van der Waals surface area contributed by atoms with Crippen molar-refractivity contribution in [2.45, 2.75) is 110 Å². The van der Waals surface area contributed by atoms with Crippen molar-refractivity contribution in [1.82, 2.24) is 45.3 Å². The lowest BCUT2D eigenvalue weighted by molar-refractivity contribution is -0.136. The van der Waals surface area contributed by atoms with E-state index < -0.39 is 24.3 Å². The first-order valence-electron chi connectivity index (χ1n) is 26.2. The zero-order valence-corrected chi connectivity index (χ0v) is 43.7. The number of imidazole rings is 2. The van der Waals surface area contributed by atoms with Crippen LogP contribution in [0.1, 0.15) is 113 Å². The minimum Gasteiger partial charge on any atom is -0.453 e. The number of nitrogens with zero attached hydrogens (tertiary/aromatic N) is 6. The van der Waals surface area contributed by atoms with Crippen molar-refractivity contribution in [3.8, 4) is 11.1 Å². The van der Waals surface area contributed by atoms with E-state index in [2.05, 4.69) is 123 Å². The monoisotopic (exact) mass is 993 g/mol. The Morgan fingerprint density at radius 1 is 0.575 bits per heavy atom. The number of methoxy groups -OCH3 is 2. The molecule has 3 saturated heterocycles. The zero-order chi connectivity index (χ0) is 51.5. The number of H-pyrrole nitrogens is 2. The summed E-state index contributed by atoms with van der Waals surface area (Å²) in [4.78, 5) is 78.0. The quantitative estimate of drug-likeness (QED) is 0.0776. The number of alkyl carbamates (subject to hydrolysis) is 2. The number of nitrogens with one attached hydrogen (secondary N) is 4. The maximum Gasteiger partial charge on any atom is 0.407 e. The predicted molar refractivity (Wildman–Crippen MR) is 284 cm³/mol. The standard InChI is InChI=1S/C57H72N10O6/c1-34(2)50(62-56(70)72-7)54(68)66-21-9-11-48(66)52-58-44-19-13-37(32-46(44)60-52)27-39-29-40(31-42(30-39)41-15-17-43(18-16-41)65-25-23-64(24-26-65)36(5)6)28-38-14-20-45-47(33-38)61-53(59-45)49-12-10-22-67(49)55(69)51(35(3)4)63-57(71)73-8/h13-20,29-36,48-51H,9-12,21-28H2,1-8H3,(H,58,60)(H,59,61)(H,62,70)(H,63,71). The Morgan fingerprint density at radius 3 is 1.47 bits per heavy atom. The summed E-state index contributed by atoms with van der Waals surface area (Å²) in [5.41, 5.74) is 11.7. The Labute approximate surface area is 428 Å². The van der Waals surface area contributed by atoms with Crippen molar-refractivity contribution in [1.29, 1.82) is 0 Å². The first-order valence-corrected chi connectivity index (χ1v) is 26.2. The van der Waals surface area contributed by atoms with Gasteiger partial charge in [0.2, 0.25) is 11.8 Å².